The van der Waals surface area contributed by atoms with Crippen LogP contribution in [0.25, 0.3) is 16.7 Å². The number of hydrogen-bond acceptors (Lipinski definition) is 2. The predicted octanol–water partition coefficient (Wildman–Crippen LogP) is 3.44. The van der Waals surface area contributed by atoms with Gasteiger partial charge in [0.25, 0.3) is 0 Å². The lowest BCUT2D eigenvalue weighted by molar-refractivity contribution is -0.137. The van der Waals surface area contributed by atoms with Gasteiger partial charge in [0.1, 0.15) is 0 Å². The number of nitrogens with zero attached hydrogens (tertiary/aromatic N) is 3. The molecule has 2 aromatic heterocycles. The van der Waals surface area contributed by atoms with E-state index >= 15 is 0 Å². The van der Waals surface area contributed by atoms with Crippen molar-refractivity contribution in [3.8, 4) is 5.69 Å². The molecule has 0 radical (unpaired) electrons. The van der Waals surface area contributed by atoms with E-state index in [1.165, 1.54) is 6.07 Å². The molecule has 20 heavy (non-hydrogen) atoms. The van der Waals surface area contributed by atoms with Crippen molar-refractivity contribution in [2.45, 2.75) is 6.18 Å². The number of halogens is 3. The Morgan fingerprint density at radius 1 is 1.30 bits per heavy atom. The van der Waals surface area contributed by atoms with Crippen LogP contribution in [0.5, 0.6) is 0 Å². The number of H-pyrrole nitrogens is 1. The Morgan fingerprint density at radius 3 is 2.65 bits per heavy atom. The van der Waals surface area contributed by atoms with Gasteiger partial charge in [0.15, 0.2) is 4.77 Å². The second kappa shape index (κ2) is 4.20. The highest BCUT2D eigenvalue weighted by Crippen LogP contribution is 2.31. The van der Waals surface area contributed by atoms with E-state index in [4.69, 9.17) is 12.2 Å². The molecule has 1 N–H and O–H groups in total. The van der Waals surface area contributed by atoms with Gasteiger partial charge in [0.2, 0.25) is 0 Å². The zero-order chi connectivity index (χ0) is 14.5. The summed E-state index contributed by atoms with van der Waals surface area (Å²) in [7, 11) is 1.75. The molecule has 0 aliphatic rings. The minimum atomic E-state index is -4.37. The molecule has 1 aromatic carbocycles. The second-order valence-electron chi connectivity index (χ2n) is 4.37. The van der Waals surface area contributed by atoms with Gasteiger partial charge in [-0.05, 0) is 30.4 Å². The largest absolute Gasteiger partial charge is 0.416 e. The Morgan fingerprint density at radius 2 is 2.05 bits per heavy atom. The number of aromatic nitrogens is 4. The zero-order valence-electron chi connectivity index (χ0n) is 10.3. The minimum absolute atomic E-state index is 0.326. The third-order valence-electron chi connectivity index (χ3n) is 2.96. The quantitative estimate of drug-likeness (QED) is 0.699. The molecule has 0 aliphatic carbocycles. The number of rotatable bonds is 1. The topological polar surface area (TPSA) is 38.5 Å². The van der Waals surface area contributed by atoms with E-state index in [0.29, 0.717) is 21.5 Å². The number of benzene rings is 1. The molecule has 0 spiro atoms. The lowest BCUT2D eigenvalue weighted by Crippen LogP contribution is -2.04. The molecule has 0 saturated carbocycles. The summed E-state index contributed by atoms with van der Waals surface area (Å²) in [5.41, 5.74) is 0.910. The highest BCUT2D eigenvalue weighted by molar-refractivity contribution is 7.71. The number of hydrogen-bond donors (Lipinski definition) is 1. The molecule has 3 rings (SSSR count). The van der Waals surface area contributed by atoms with Crippen molar-refractivity contribution in [2.75, 3.05) is 0 Å². The van der Waals surface area contributed by atoms with Crippen LogP contribution in [0.1, 0.15) is 5.56 Å². The van der Waals surface area contributed by atoms with Crippen LogP contribution in [0.4, 0.5) is 13.2 Å². The number of aromatic amines is 1. The number of alkyl halides is 3. The number of aryl methyl sites for hydroxylation is 1. The third kappa shape index (κ3) is 2.01. The molecule has 8 heteroatoms. The fourth-order valence-corrected chi connectivity index (χ4v) is 2.38. The Kier molecular flexibility index (Phi) is 2.72. The van der Waals surface area contributed by atoms with Gasteiger partial charge in [-0.15, -0.1) is 0 Å². The first-order valence-electron chi connectivity index (χ1n) is 5.67. The van der Waals surface area contributed by atoms with Gasteiger partial charge < -0.3 is 4.98 Å². The first-order valence-corrected chi connectivity index (χ1v) is 6.08. The third-order valence-corrected chi connectivity index (χ3v) is 3.24. The molecule has 0 fully saturated rings. The van der Waals surface area contributed by atoms with Gasteiger partial charge >= 0.3 is 6.18 Å². The number of nitrogens with one attached hydrogen (secondary N) is 1. The van der Waals surface area contributed by atoms with Gasteiger partial charge in [-0.2, -0.15) is 18.3 Å². The van der Waals surface area contributed by atoms with Crippen molar-refractivity contribution >= 4 is 23.3 Å². The molecular formula is C12H9F3N4S. The Balaban J connectivity index is 2.25. The molecule has 3 aromatic rings. The average Bonchev–Trinajstić information content (AvgIpc) is 2.89. The maximum absolute atomic E-state index is 12.7. The summed E-state index contributed by atoms with van der Waals surface area (Å²) < 4.78 is 41.6. The average molecular weight is 298 g/mol. The van der Waals surface area contributed by atoms with Crippen LogP contribution in [-0.2, 0) is 13.2 Å². The van der Waals surface area contributed by atoms with Crippen LogP contribution in [0.3, 0.4) is 0 Å². The van der Waals surface area contributed by atoms with Gasteiger partial charge in [-0.1, -0.05) is 0 Å². The minimum Gasteiger partial charge on any atom is -0.330 e. The van der Waals surface area contributed by atoms with Gasteiger partial charge in [0, 0.05) is 13.2 Å². The van der Waals surface area contributed by atoms with Crippen LogP contribution >= 0.6 is 12.2 Å². The highest BCUT2D eigenvalue weighted by Gasteiger charge is 2.30. The lowest BCUT2D eigenvalue weighted by Gasteiger charge is -2.06. The molecule has 4 nitrogen and oxygen atoms in total. The van der Waals surface area contributed by atoms with Gasteiger partial charge in [-0.3, -0.25) is 9.25 Å². The molecule has 0 unspecified atom stereocenters. The molecule has 0 atom stereocenters. The summed E-state index contributed by atoms with van der Waals surface area (Å²) in [6.07, 6.45) is -1.04. The maximum atomic E-state index is 12.7. The molecular weight excluding hydrogens is 289 g/mol. The van der Waals surface area contributed by atoms with Crippen molar-refractivity contribution in [2.24, 2.45) is 7.05 Å². The fraction of sp³-hybridized carbons (Fsp3) is 0.167. The van der Waals surface area contributed by atoms with Crippen molar-refractivity contribution in [1.29, 1.82) is 0 Å². The number of imidazole rings is 1. The summed E-state index contributed by atoms with van der Waals surface area (Å²) in [5, 5.41) is 4.03. The standard InChI is InChI=1S/C12H9F3N4S/c1-18-6-8(5-16-18)19-10-3-2-7(12(13,14)15)4-9(10)17-11(19)20/h2-6H,1H3,(H,17,20). The molecule has 0 saturated heterocycles. The Hall–Kier alpha value is -2.09. The molecule has 104 valence electrons. The van der Waals surface area contributed by atoms with Crippen LogP contribution in [0.15, 0.2) is 30.6 Å². The maximum Gasteiger partial charge on any atom is 0.416 e. The predicted molar refractivity (Wildman–Crippen MR) is 70.2 cm³/mol. The van der Waals surface area contributed by atoms with Crippen LogP contribution in [0, 0.1) is 4.77 Å². The van der Waals surface area contributed by atoms with Crippen molar-refractivity contribution in [1.82, 2.24) is 19.3 Å². The monoisotopic (exact) mass is 298 g/mol. The summed E-state index contributed by atoms with van der Waals surface area (Å²) in [6, 6.07) is 3.49. The van der Waals surface area contributed by atoms with Crippen molar-refractivity contribution in [3.63, 3.8) is 0 Å². The summed E-state index contributed by atoms with van der Waals surface area (Å²) in [6.45, 7) is 0. The SMILES string of the molecule is Cn1cc(-n2c(=S)[nH]c3cc(C(F)(F)F)ccc32)cn1. The lowest BCUT2D eigenvalue weighted by atomic mass is 10.2. The summed E-state index contributed by atoms with van der Waals surface area (Å²) in [4.78, 5) is 2.79. The van der Waals surface area contributed by atoms with Crippen LogP contribution < -0.4 is 0 Å². The zero-order valence-corrected chi connectivity index (χ0v) is 11.1. The van der Waals surface area contributed by atoms with Gasteiger partial charge in [0.05, 0.1) is 28.5 Å². The van der Waals surface area contributed by atoms with Crippen molar-refractivity contribution in [3.05, 3.63) is 40.9 Å². The molecule has 0 aliphatic heterocycles. The number of fused-ring (bicyclic) bond motifs is 1. The Labute approximate surface area is 116 Å². The fourth-order valence-electron chi connectivity index (χ4n) is 2.07. The highest BCUT2D eigenvalue weighted by atomic mass is 32.1. The molecule has 2 heterocycles. The smallest absolute Gasteiger partial charge is 0.330 e. The van der Waals surface area contributed by atoms with Crippen molar-refractivity contribution < 1.29 is 13.2 Å². The second-order valence-corrected chi connectivity index (χ2v) is 4.75. The van der Waals surface area contributed by atoms with E-state index < -0.39 is 11.7 Å². The van der Waals surface area contributed by atoms with E-state index in [1.807, 2.05) is 0 Å². The summed E-state index contributed by atoms with van der Waals surface area (Å²) in [5.74, 6) is 0. The first-order chi connectivity index (χ1) is 9.36. The molecule has 0 bridgehead atoms. The van der Waals surface area contributed by atoms with Gasteiger partial charge in [-0.25, -0.2) is 0 Å². The van der Waals surface area contributed by atoms with Crippen LogP contribution in [0.2, 0.25) is 0 Å². The van der Waals surface area contributed by atoms with Crippen LogP contribution in [-0.4, -0.2) is 19.3 Å². The normalized spacial score (nSPS) is 12.2. The Bertz CT molecular complexity index is 840. The van der Waals surface area contributed by atoms with E-state index in [0.717, 1.165) is 12.1 Å². The summed E-state index contributed by atoms with van der Waals surface area (Å²) >= 11 is 5.17. The van der Waals surface area contributed by atoms with E-state index in [9.17, 15) is 13.2 Å². The van der Waals surface area contributed by atoms with E-state index in [2.05, 4.69) is 10.1 Å². The molecule has 0 amide bonds. The first kappa shape index (κ1) is 12.9. The van der Waals surface area contributed by atoms with E-state index in [-0.39, 0.29) is 0 Å². The van der Waals surface area contributed by atoms with E-state index in [1.54, 1.807) is 28.7 Å².